The van der Waals surface area contributed by atoms with Gasteiger partial charge >= 0.3 is 0 Å². The van der Waals surface area contributed by atoms with Gasteiger partial charge in [-0.05, 0) is 23.8 Å². The number of rotatable bonds is 3. The fourth-order valence-electron chi connectivity index (χ4n) is 1.57. The van der Waals surface area contributed by atoms with E-state index in [0.717, 1.165) is 24.4 Å². The van der Waals surface area contributed by atoms with Gasteiger partial charge in [-0.2, -0.15) is 0 Å². The van der Waals surface area contributed by atoms with Gasteiger partial charge in [-0.15, -0.1) is 0 Å². The number of nitrogens with zero attached hydrogens (tertiary/aromatic N) is 1. The SMILES string of the molecule is O=Cc1c(F)cc(-c2ccc(C(F)F)nc2)cc1F. The van der Waals surface area contributed by atoms with Crippen molar-refractivity contribution >= 4 is 6.29 Å². The predicted octanol–water partition coefficient (Wildman–Crippen LogP) is 3.78. The summed E-state index contributed by atoms with van der Waals surface area (Å²) in [5.74, 6) is -2.02. The van der Waals surface area contributed by atoms with Gasteiger partial charge in [0.2, 0.25) is 0 Å². The lowest BCUT2D eigenvalue weighted by Gasteiger charge is -2.05. The molecule has 0 amide bonds. The van der Waals surface area contributed by atoms with E-state index in [9.17, 15) is 22.4 Å². The highest BCUT2D eigenvalue weighted by atomic mass is 19.3. The second-order valence-electron chi connectivity index (χ2n) is 3.74. The Morgan fingerprint density at radius 3 is 2.11 bits per heavy atom. The van der Waals surface area contributed by atoms with E-state index in [1.54, 1.807) is 0 Å². The quantitative estimate of drug-likeness (QED) is 0.627. The standard InChI is InChI=1S/C13H7F4NO/c14-10-3-8(4-11(15)9(10)6-19)7-1-2-12(13(16)17)18-5-7/h1-6,13H. The monoisotopic (exact) mass is 269 g/mol. The molecular formula is C13H7F4NO. The predicted molar refractivity (Wildman–Crippen MR) is 59.9 cm³/mol. The van der Waals surface area contributed by atoms with Crippen LogP contribution in [-0.4, -0.2) is 11.3 Å². The van der Waals surface area contributed by atoms with Crippen LogP contribution in [0.2, 0.25) is 0 Å². The van der Waals surface area contributed by atoms with Crippen molar-refractivity contribution in [2.75, 3.05) is 0 Å². The van der Waals surface area contributed by atoms with Gasteiger partial charge in [0.25, 0.3) is 6.43 Å². The Bertz CT molecular complexity index is 588. The zero-order valence-electron chi connectivity index (χ0n) is 9.41. The third-order valence-electron chi connectivity index (χ3n) is 2.54. The largest absolute Gasteiger partial charge is 0.298 e. The zero-order valence-corrected chi connectivity index (χ0v) is 9.41. The van der Waals surface area contributed by atoms with Crippen LogP contribution in [0.5, 0.6) is 0 Å². The summed E-state index contributed by atoms with van der Waals surface area (Å²) in [6.07, 6.45) is -1.54. The van der Waals surface area contributed by atoms with Crippen molar-refractivity contribution in [3.63, 3.8) is 0 Å². The average molecular weight is 269 g/mol. The van der Waals surface area contributed by atoms with E-state index in [4.69, 9.17) is 0 Å². The minimum Gasteiger partial charge on any atom is -0.298 e. The van der Waals surface area contributed by atoms with E-state index in [2.05, 4.69) is 4.98 Å². The number of alkyl halides is 2. The molecule has 0 aliphatic heterocycles. The first-order chi connectivity index (χ1) is 9.02. The van der Waals surface area contributed by atoms with Gasteiger partial charge in [0.05, 0.1) is 5.56 Å². The van der Waals surface area contributed by atoms with E-state index in [0.29, 0.717) is 0 Å². The number of benzene rings is 1. The Kier molecular flexibility index (Phi) is 3.59. The van der Waals surface area contributed by atoms with E-state index < -0.39 is 29.3 Å². The topological polar surface area (TPSA) is 30.0 Å². The van der Waals surface area contributed by atoms with E-state index in [-0.39, 0.29) is 17.4 Å². The molecule has 2 aromatic rings. The molecule has 2 rings (SSSR count). The van der Waals surface area contributed by atoms with Gasteiger partial charge in [-0.25, -0.2) is 17.6 Å². The van der Waals surface area contributed by atoms with Crippen LogP contribution in [0.3, 0.4) is 0 Å². The van der Waals surface area contributed by atoms with E-state index >= 15 is 0 Å². The van der Waals surface area contributed by atoms with E-state index in [1.165, 1.54) is 6.07 Å². The van der Waals surface area contributed by atoms with Crippen LogP contribution in [0.15, 0.2) is 30.5 Å². The first-order valence-electron chi connectivity index (χ1n) is 5.21. The highest BCUT2D eigenvalue weighted by Crippen LogP contribution is 2.25. The normalized spacial score (nSPS) is 10.8. The summed E-state index contributed by atoms with van der Waals surface area (Å²) in [5.41, 5.74) is -0.691. The van der Waals surface area contributed by atoms with Gasteiger partial charge in [0.1, 0.15) is 17.3 Å². The van der Waals surface area contributed by atoms with Gasteiger partial charge in [-0.3, -0.25) is 9.78 Å². The van der Waals surface area contributed by atoms with Crippen LogP contribution in [0.1, 0.15) is 22.5 Å². The molecule has 0 fully saturated rings. The number of hydrogen-bond acceptors (Lipinski definition) is 2. The summed E-state index contributed by atoms with van der Waals surface area (Å²) in [4.78, 5) is 13.9. The second-order valence-corrected chi connectivity index (χ2v) is 3.74. The molecule has 0 saturated heterocycles. The van der Waals surface area contributed by atoms with Crippen LogP contribution in [0.25, 0.3) is 11.1 Å². The van der Waals surface area contributed by atoms with Crippen LogP contribution >= 0.6 is 0 Å². The van der Waals surface area contributed by atoms with Gasteiger partial charge in [0.15, 0.2) is 6.29 Å². The third kappa shape index (κ3) is 2.62. The van der Waals surface area contributed by atoms with Crippen LogP contribution in [0.4, 0.5) is 17.6 Å². The van der Waals surface area contributed by atoms with Crippen molar-refractivity contribution in [3.05, 3.63) is 53.4 Å². The molecule has 1 heterocycles. The first-order valence-corrected chi connectivity index (χ1v) is 5.21. The molecule has 0 atom stereocenters. The zero-order chi connectivity index (χ0) is 14.0. The summed E-state index contributed by atoms with van der Waals surface area (Å²) in [6, 6.07) is 4.25. The van der Waals surface area contributed by atoms with Crippen molar-refractivity contribution in [2.45, 2.75) is 6.43 Å². The van der Waals surface area contributed by atoms with Crippen molar-refractivity contribution in [2.24, 2.45) is 0 Å². The molecule has 0 N–H and O–H groups in total. The molecule has 0 aliphatic carbocycles. The maximum Gasteiger partial charge on any atom is 0.280 e. The summed E-state index contributed by atoms with van der Waals surface area (Å²) in [5, 5.41) is 0. The summed E-state index contributed by atoms with van der Waals surface area (Å²) >= 11 is 0. The first kappa shape index (κ1) is 13.2. The molecule has 0 spiro atoms. The van der Waals surface area contributed by atoms with Crippen LogP contribution < -0.4 is 0 Å². The molecule has 2 nitrogen and oxygen atoms in total. The Hall–Kier alpha value is -2.24. The maximum absolute atomic E-state index is 13.4. The van der Waals surface area contributed by atoms with Gasteiger partial charge < -0.3 is 0 Å². The molecular weight excluding hydrogens is 262 g/mol. The number of pyridine rings is 1. The number of aromatic nitrogens is 1. The number of hydrogen-bond donors (Lipinski definition) is 0. The van der Waals surface area contributed by atoms with Crippen LogP contribution in [0, 0.1) is 11.6 Å². The van der Waals surface area contributed by atoms with E-state index in [1.807, 2.05) is 0 Å². The average Bonchev–Trinajstić information content (AvgIpc) is 2.38. The molecule has 0 unspecified atom stereocenters. The number of carbonyl (C=O) groups excluding carboxylic acids is 1. The molecule has 98 valence electrons. The third-order valence-corrected chi connectivity index (χ3v) is 2.54. The summed E-state index contributed by atoms with van der Waals surface area (Å²) in [6.45, 7) is 0. The van der Waals surface area contributed by atoms with Crippen molar-refractivity contribution < 1.29 is 22.4 Å². The Morgan fingerprint density at radius 1 is 1.05 bits per heavy atom. The Morgan fingerprint density at radius 2 is 1.68 bits per heavy atom. The Labute approximate surface area is 105 Å². The molecule has 1 aromatic heterocycles. The molecule has 1 aromatic carbocycles. The molecule has 0 aliphatic rings. The number of aldehydes is 1. The summed E-state index contributed by atoms with van der Waals surface area (Å²) in [7, 11) is 0. The fraction of sp³-hybridized carbons (Fsp3) is 0.0769. The highest BCUT2D eigenvalue weighted by molar-refractivity contribution is 5.78. The molecule has 19 heavy (non-hydrogen) atoms. The minimum absolute atomic E-state index is 0.0760. The fourth-order valence-corrected chi connectivity index (χ4v) is 1.57. The van der Waals surface area contributed by atoms with Crippen LogP contribution in [-0.2, 0) is 0 Å². The smallest absolute Gasteiger partial charge is 0.280 e. The molecule has 6 heteroatoms. The van der Waals surface area contributed by atoms with Crippen molar-refractivity contribution in [3.8, 4) is 11.1 Å². The molecule has 0 saturated carbocycles. The second kappa shape index (κ2) is 5.17. The lowest BCUT2D eigenvalue weighted by molar-refractivity contribution is 0.111. The highest BCUT2D eigenvalue weighted by Gasteiger charge is 2.13. The maximum atomic E-state index is 13.4. The lowest BCUT2D eigenvalue weighted by Crippen LogP contribution is -1.95. The van der Waals surface area contributed by atoms with Gasteiger partial charge in [0, 0.05) is 11.8 Å². The van der Waals surface area contributed by atoms with Crippen molar-refractivity contribution in [1.29, 1.82) is 0 Å². The lowest BCUT2D eigenvalue weighted by atomic mass is 10.0. The summed E-state index contributed by atoms with van der Waals surface area (Å²) < 4.78 is 51.4. The number of halogens is 4. The molecule has 0 bridgehead atoms. The number of carbonyl (C=O) groups is 1. The van der Waals surface area contributed by atoms with Crippen molar-refractivity contribution in [1.82, 2.24) is 4.98 Å². The minimum atomic E-state index is -2.71. The van der Waals surface area contributed by atoms with Gasteiger partial charge in [-0.1, -0.05) is 6.07 Å². The Balaban J connectivity index is 2.44. The molecule has 0 radical (unpaired) electrons.